The van der Waals surface area contributed by atoms with Crippen molar-refractivity contribution in [1.29, 1.82) is 0 Å². The lowest BCUT2D eigenvalue weighted by molar-refractivity contribution is 0.527. The van der Waals surface area contributed by atoms with E-state index >= 15 is 0 Å². The highest BCUT2D eigenvalue weighted by atomic mass is 15.0. The van der Waals surface area contributed by atoms with Gasteiger partial charge in [-0.2, -0.15) is 0 Å². The average molecular weight is 176 g/mol. The Hall–Kier alpha value is -0.860. The number of rotatable bonds is 4. The summed E-state index contributed by atoms with van der Waals surface area (Å²) in [5.41, 5.74) is 7.15. The van der Waals surface area contributed by atoms with Crippen molar-refractivity contribution in [3.05, 3.63) is 35.9 Å². The molecule has 2 heteroatoms. The van der Waals surface area contributed by atoms with Gasteiger partial charge in [-0.05, 0) is 18.4 Å². The van der Waals surface area contributed by atoms with Crippen LogP contribution in [0, 0.1) is 0 Å². The second-order valence-electron chi connectivity index (χ2n) is 3.66. The highest BCUT2D eigenvalue weighted by molar-refractivity contribution is 5.29. The normalized spacial score (nSPS) is 18.5. The van der Waals surface area contributed by atoms with Crippen molar-refractivity contribution in [2.45, 2.75) is 18.4 Å². The van der Waals surface area contributed by atoms with Gasteiger partial charge in [0.05, 0.1) is 0 Å². The number of benzene rings is 1. The van der Waals surface area contributed by atoms with E-state index in [0.29, 0.717) is 6.54 Å². The van der Waals surface area contributed by atoms with Crippen LogP contribution < -0.4 is 11.1 Å². The van der Waals surface area contributed by atoms with Crippen molar-refractivity contribution in [2.24, 2.45) is 5.73 Å². The van der Waals surface area contributed by atoms with Crippen LogP contribution in [0.3, 0.4) is 0 Å². The van der Waals surface area contributed by atoms with E-state index in [1.807, 2.05) is 0 Å². The van der Waals surface area contributed by atoms with Crippen LogP contribution in [0.4, 0.5) is 0 Å². The second-order valence-corrected chi connectivity index (χ2v) is 3.66. The fourth-order valence-electron chi connectivity index (χ4n) is 1.76. The smallest absolute Gasteiger partial charge is 0.0436 e. The average Bonchev–Trinajstić information content (AvgIpc) is 2.97. The molecule has 0 atom stereocenters. The number of hydrogen-bond donors (Lipinski definition) is 2. The SMILES string of the molecule is NCCNC1(c2ccccc2)CC1. The molecule has 1 saturated carbocycles. The van der Waals surface area contributed by atoms with Crippen molar-refractivity contribution in [2.75, 3.05) is 13.1 Å². The summed E-state index contributed by atoms with van der Waals surface area (Å²) in [6.07, 6.45) is 2.49. The van der Waals surface area contributed by atoms with E-state index in [2.05, 4.69) is 35.6 Å². The summed E-state index contributed by atoms with van der Waals surface area (Å²) in [6, 6.07) is 10.6. The van der Waals surface area contributed by atoms with Gasteiger partial charge in [-0.15, -0.1) is 0 Å². The van der Waals surface area contributed by atoms with Gasteiger partial charge in [0.2, 0.25) is 0 Å². The molecule has 0 spiro atoms. The number of hydrogen-bond acceptors (Lipinski definition) is 2. The minimum atomic E-state index is 0.265. The van der Waals surface area contributed by atoms with Crippen molar-refractivity contribution >= 4 is 0 Å². The largest absolute Gasteiger partial charge is 0.329 e. The standard InChI is InChI=1S/C11H16N2/c12-8-9-13-11(6-7-11)10-4-2-1-3-5-10/h1-5,13H,6-9,12H2. The topological polar surface area (TPSA) is 38.0 Å². The molecule has 3 N–H and O–H groups in total. The first kappa shape index (κ1) is 8.73. The molecule has 1 aliphatic carbocycles. The first-order chi connectivity index (χ1) is 6.37. The zero-order valence-electron chi connectivity index (χ0n) is 7.79. The molecule has 1 aromatic carbocycles. The van der Waals surface area contributed by atoms with Gasteiger partial charge < -0.3 is 11.1 Å². The molecular formula is C11H16N2. The highest BCUT2D eigenvalue weighted by Crippen LogP contribution is 2.45. The molecule has 0 aromatic heterocycles. The van der Waals surface area contributed by atoms with Crippen LogP contribution in [-0.2, 0) is 5.54 Å². The molecule has 13 heavy (non-hydrogen) atoms. The van der Waals surface area contributed by atoms with Gasteiger partial charge >= 0.3 is 0 Å². The van der Waals surface area contributed by atoms with Gasteiger partial charge in [-0.1, -0.05) is 30.3 Å². The van der Waals surface area contributed by atoms with Gasteiger partial charge in [-0.25, -0.2) is 0 Å². The summed E-state index contributed by atoms with van der Waals surface area (Å²) in [5, 5.41) is 3.51. The predicted molar refractivity (Wildman–Crippen MR) is 54.4 cm³/mol. The Morgan fingerprint density at radius 3 is 2.46 bits per heavy atom. The van der Waals surface area contributed by atoms with E-state index < -0.39 is 0 Å². The summed E-state index contributed by atoms with van der Waals surface area (Å²) in [4.78, 5) is 0. The lowest BCUT2D eigenvalue weighted by atomic mass is 10.1. The molecule has 2 rings (SSSR count). The highest BCUT2D eigenvalue weighted by Gasteiger charge is 2.43. The summed E-state index contributed by atoms with van der Waals surface area (Å²) in [5.74, 6) is 0. The zero-order chi connectivity index (χ0) is 9.15. The maximum Gasteiger partial charge on any atom is 0.0436 e. The van der Waals surface area contributed by atoms with Crippen molar-refractivity contribution in [3.63, 3.8) is 0 Å². The summed E-state index contributed by atoms with van der Waals surface area (Å²) in [7, 11) is 0. The van der Waals surface area contributed by atoms with Crippen LogP contribution >= 0.6 is 0 Å². The third-order valence-corrected chi connectivity index (χ3v) is 2.68. The van der Waals surface area contributed by atoms with Gasteiger partial charge in [0.1, 0.15) is 0 Å². The molecular weight excluding hydrogens is 160 g/mol. The molecule has 1 fully saturated rings. The van der Waals surface area contributed by atoms with Crippen LogP contribution in [-0.4, -0.2) is 13.1 Å². The molecule has 0 saturated heterocycles. The van der Waals surface area contributed by atoms with Gasteiger partial charge in [0, 0.05) is 18.6 Å². The minimum Gasteiger partial charge on any atom is -0.329 e. The quantitative estimate of drug-likeness (QED) is 0.724. The Bertz CT molecular complexity index is 265. The molecule has 0 bridgehead atoms. The fraction of sp³-hybridized carbons (Fsp3) is 0.455. The maximum atomic E-state index is 5.48. The van der Waals surface area contributed by atoms with E-state index in [9.17, 15) is 0 Å². The van der Waals surface area contributed by atoms with Gasteiger partial charge in [0.15, 0.2) is 0 Å². The van der Waals surface area contributed by atoms with Gasteiger partial charge in [0.25, 0.3) is 0 Å². The van der Waals surface area contributed by atoms with Gasteiger partial charge in [-0.3, -0.25) is 0 Å². The second kappa shape index (κ2) is 3.48. The third kappa shape index (κ3) is 1.74. The van der Waals surface area contributed by atoms with Crippen molar-refractivity contribution in [1.82, 2.24) is 5.32 Å². The Kier molecular flexibility index (Phi) is 2.34. The first-order valence-corrected chi connectivity index (χ1v) is 4.88. The van der Waals surface area contributed by atoms with Crippen LogP contribution in [0.5, 0.6) is 0 Å². The Balaban J connectivity index is 2.07. The fourth-order valence-corrected chi connectivity index (χ4v) is 1.76. The molecule has 0 amide bonds. The molecule has 0 aliphatic heterocycles. The molecule has 0 heterocycles. The monoisotopic (exact) mass is 176 g/mol. The van der Waals surface area contributed by atoms with E-state index in [-0.39, 0.29) is 5.54 Å². The number of nitrogens with one attached hydrogen (secondary N) is 1. The molecule has 2 nitrogen and oxygen atoms in total. The molecule has 1 aromatic rings. The third-order valence-electron chi connectivity index (χ3n) is 2.68. The first-order valence-electron chi connectivity index (χ1n) is 4.88. The van der Waals surface area contributed by atoms with E-state index in [1.165, 1.54) is 18.4 Å². The Morgan fingerprint density at radius 1 is 1.23 bits per heavy atom. The molecule has 1 aliphatic rings. The summed E-state index contributed by atoms with van der Waals surface area (Å²) >= 11 is 0. The lowest BCUT2D eigenvalue weighted by Crippen LogP contribution is -2.33. The Labute approximate surface area is 79.1 Å². The van der Waals surface area contributed by atoms with Crippen LogP contribution in [0.15, 0.2) is 30.3 Å². The lowest BCUT2D eigenvalue weighted by Gasteiger charge is -2.16. The van der Waals surface area contributed by atoms with Crippen molar-refractivity contribution < 1.29 is 0 Å². The van der Waals surface area contributed by atoms with E-state index in [4.69, 9.17) is 5.73 Å². The predicted octanol–water partition coefficient (Wildman–Crippen LogP) is 1.22. The van der Waals surface area contributed by atoms with Crippen LogP contribution in [0.25, 0.3) is 0 Å². The number of nitrogens with two attached hydrogens (primary N) is 1. The molecule has 70 valence electrons. The molecule has 0 unspecified atom stereocenters. The van der Waals surface area contributed by atoms with Crippen LogP contribution in [0.1, 0.15) is 18.4 Å². The van der Waals surface area contributed by atoms with E-state index in [0.717, 1.165) is 6.54 Å². The van der Waals surface area contributed by atoms with E-state index in [1.54, 1.807) is 0 Å². The van der Waals surface area contributed by atoms with Crippen molar-refractivity contribution in [3.8, 4) is 0 Å². The minimum absolute atomic E-state index is 0.265. The zero-order valence-corrected chi connectivity index (χ0v) is 7.79. The van der Waals surface area contributed by atoms with Crippen LogP contribution in [0.2, 0.25) is 0 Å². The Morgan fingerprint density at radius 2 is 1.92 bits per heavy atom. The summed E-state index contributed by atoms with van der Waals surface area (Å²) < 4.78 is 0. The summed E-state index contributed by atoms with van der Waals surface area (Å²) in [6.45, 7) is 1.63. The molecule has 0 radical (unpaired) electrons. The maximum absolute atomic E-state index is 5.48.